The second-order valence-corrected chi connectivity index (χ2v) is 5.00. The zero-order valence-corrected chi connectivity index (χ0v) is 10.2. The summed E-state index contributed by atoms with van der Waals surface area (Å²) >= 11 is 1.93. The molecule has 0 saturated carbocycles. The van der Waals surface area contributed by atoms with E-state index in [1.807, 2.05) is 17.8 Å². The van der Waals surface area contributed by atoms with Crippen LogP contribution in [0.4, 0.5) is 5.82 Å². The van der Waals surface area contributed by atoms with Crippen LogP contribution in [0.1, 0.15) is 25.8 Å². The van der Waals surface area contributed by atoms with Gasteiger partial charge in [-0.2, -0.15) is 11.8 Å². The fourth-order valence-electron chi connectivity index (χ4n) is 1.19. The van der Waals surface area contributed by atoms with Gasteiger partial charge in [0.1, 0.15) is 5.82 Å². The van der Waals surface area contributed by atoms with Crippen LogP contribution in [0.2, 0.25) is 0 Å². The minimum absolute atomic E-state index is 0.776. The van der Waals surface area contributed by atoms with Crippen molar-refractivity contribution in [2.45, 2.75) is 26.0 Å². The summed E-state index contributed by atoms with van der Waals surface area (Å²) in [6, 6.07) is 4.00. The molecule has 0 aliphatic carbocycles. The van der Waals surface area contributed by atoms with Crippen LogP contribution in [0.25, 0.3) is 0 Å². The van der Waals surface area contributed by atoms with E-state index in [2.05, 4.69) is 30.3 Å². The third kappa shape index (κ3) is 4.53. The predicted octanol–water partition coefficient (Wildman–Crippen LogP) is 2.65. The summed E-state index contributed by atoms with van der Waals surface area (Å²) < 4.78 is 0. The van der Waals surface area contributed by atoms with Gasteiger partial charge in [0.15, 0.2) is 0 Å². The Balaban J connectivity index is 2.36. The maximum absolute atomic E-state index is 5.38. The van der Waals surface area contributed by atoms with Crippen LogP contribution >= 0.6 is 11.8 Å². The van der Waals surface area contributed by atoms with Crippen molar-refractivity contribution in [2.24, 2.45) is 11.8 Å². The van der Waals surface area contributed by atoms with Gasteiger partial charge in [-0.3, -0.25) is 0 Å². The maximum Gasteiger partial charge on any atom is 0.143 e. The summed E-state index contributed by atoms with van der Waals surface area (Å²) in [4.78, 5) is 4.16. The monoisotopic (exact) mass is 225 g/mol. The average Bonchev–Trinajstić information content (AvgIpc) is 2.24. The number of aromatic nitrogens is 1. The molecule has 0 radical (unpaired) electrons. The Morgan fingerprint density at radius 2 is 2.33 bits per heavy atom. The summed E-state index contributed by atoms with van der Waals surface area (Å²) in [5.74, 6) is 9.11. The van der Waals surface area contributed by atoms with Gasteiger partial charge in [-0.05, 0) is 24.2 Å². The SMILES string of the molecule is CC(C)CCSCc1cccnc1NN. The first-order valence-electron chi connectivity index (χ1n) is 5.22. The molecule has 0 aliphatic rings. The van der Waals surface area contributed by atoms with Crippen LogP contribution in [-0.4, -0.2) is 10.7 Å². The van der Waals surface area contributed by atoms with Gasteiger partial charge in [0.25, 0.3) is 0 Å². The first-order valence-corrected chi connectivity index (χ1v) is 6.37. The number of nitrogens with two attached hydrogens (primary N) is 1. The van der Waals surface area contributed by atoms with Crippen molar-refractivity contribution in [1.82, 2.24) is 4.98 Å². The fraction of sp³-hybridized carbons (Fsp3) is 0.545. The van der Waals surface area contributed by atoms with E-state index < -0.39 is 0 Å². The van der Waals surface area contributed by atoms with E-state index in [4.69, 9.17) is 5.84 Å². The van der Waals surface area contributed by atoms with Gasteiger partial charge in [0, 0.05) is 17.5 Å². The Kier molecular flexibility index (Phi) is 5.50. The molecule has 1 aromatic heterocycles. The Hall–Kier alpha value is -0.740. The number of nitrogen functional groups attached to an aromatic ring is 1. The van der Waals surface area contributed by atoms with E-state index in [0.717, 1.165) is 17.5 Å². The molecule has 0 bridgehead atoms. The van der Waals surface area contributed by atoms with Crippen molar-refractivity contribution in [1.29, 1.82) is 0 Å². The minimum atomic E-state index is 0.776. The molecule has 1 aromatic rings. The van der Waals surface area contributed by atoms with E-state index in [-0.39, 0.29) is 0 Å². The molecule has 84 valence electrons. The molecule has 1 rings (SSSR count). The van der Waals surface area contributed by atoms with E-state index >= 15 is 0 Å². The lowest BCUT2D eigenvalue weighted by Gasteiger charge is -2.07. The van der Waals surface area contributed by atoms with Gasteiger partial charge in [-0.15, -0.1) is 0 Å². The number of hydrogen-bond acceptors (Lipinski definition) is 4. The van der Waals surface area contributed by atoms with E-state index in [0.29, 0.717) is 0 Å². The zero-order chi connectivity index (χ0) is 11.1. The van der Waals surface area contributed by atoms with Crippen molar-refractivity contribution < 1.29 is 0 Å². The van der Waals surface area contributed by atoms with Crippen LogP contribution in [0.3, 0.4) is 0 Å². The van der Waals surface area contributed by atoms with Crippen molar-refractivity contribution in [3.63, 3.8) is 0 Å². The number of anilines is 1. The van der Waals surface area contributed by atoms with Crippen LogP contribution in [-0.2, 0) is 5.75 Å². The Morgan fingerprint density at radius 3 is 3.00 bits per heavy atom. The summed E-state index contributed by atoms with van der Waals surface area (Å²) in [5.41, 5.74) is 3.80. The van der Waals surface area contributed by atoms with E-state index in [1.54, 1.807) is 6.20 Å². The van der Waals surface area contributed by atoms with Gasteiger partial charge in [0.05, 0.1) is 0 Å². The lowest BCUT2D eigenvalue weighted by atomic mass is 10.2. The van der Waals surface area contributed by atoms with Crippen molar-refractivity contribution in [3.8, 4) is 0 Å². The summed E-state index contributed by atoms with van der Waals surface area (Å²) in [7, 11) is 0. The second-order valence-electron chi connectivity index (χ2n) is 3.89. The summed E-state index contributed by atoms with van der Waals surface area (Å²) in [5, 5.41) is 0. The Labute approximate surface area is 95.8 Å². The molecule has 1 heterocycles. The van der Waals surface area contributed by atoms with Crippen LogP contribution in [0.5, 0.6) is 0 Å². The molecule has 0 saturated heterocycles. The number of nitrogens with one attached hydrogen (secondary N) is 1. The van der Waals surface area contributed by atoms with E-state index in [1.165, 1.54) is 17.7 Å². The maximum atomic E-state index is 5.38. The quantitative estimate of drug-likeness (QED) is 0.444. The van der Waals surface area contributed by atoms with Crippen LogP contribution in [0, 0.1) is 5.92 Å². The number of hydrogen-bond donors (Lipinski definition) is 2. The third-order valence-corrected chi connectivity index (χ3v) is 3.16. The van der Waals surface area contributed by atoms with E-state index in [9.17, 15) is 0 Å². The average molecular weight is 225 g/mol. The summed E-state index contributed by atoms with van der Waals surface area (Å²) in [6.07, 6.45) is 3.01. The molecule has 0 aliphatic heterocycles. The number of rotatable bonds is 6. The molecule has 15 heavy (non-hydrogen) atoms. The number of thioether (sulfide) groups is 1. The fourth-order valence-corrected chi connectivity index (χ4v) is 2.42. The molecule has 3 N–H and O–H groups in total. The molecular formula is C11H19N3S. The van der Waals surface area contributed by atoms with Crippen molar-refractivity contribution >= 4 is 17.6 Å². The number of hydrazine groups is 1. The molecule has 3 nitrogen and oxygen atoms in total. The third-order valence-electron chi connectivity index (χ3n) is 2.13. The van der Waals surface area contributed by atoms with Gasteiger partial charge in [-0.25, -0.2) is 10.8 Å². The number of pyridine rings is 1. The molecule has 0 spiro atoms. The van der Waals surface area contributed by atoms with Gasteiger partial charge >= 0.3 is 0 Å². The largest absolute Gasteiger partial charge is 0.308 e. The minimum Gasteiger partial charge on any atom is -0.308 e. The lowest BCUT2D eigenvalue weighted by Crippen LogP contribution is -2.10. The highest BCUT2D eigenvalue weighted by atomic mass is 32.2. The van der Waals surface area contributed by atoms with Gasteiger partial charge < -0.3 is 5.43 Å². The van der Waals surface area contributed by atoms with Gasteiger partial charge in [-0.1, -0.05) is 19.9 Å². The lowest BCUT2D eigenvalue weighted by molar-refractivity contribution is 0.632. The molecule has 4 heteroatoms. The summed E-state index contributed by atoms with van der Waals surface area (Å²) in [6.45, 7) is 4.50. The first kappa shape index (κ1) is 12.3. The highest BCUT2D eigenvalue weighted by molar-refractivity contribution is 7.98. The normalized spacial score (nSPS) is 10.7. The van der Waals surface area contributed by atoms with Crippen molar-refractivity contribution in [2.75, 3.05) is 11.2 Å². The number of nitrogens with zero attached hydrogens (tertiary/aromatic N) is 1. The zero-order valence-electron chi connectivity index (χ0n) is 9.36. The Morgan fingerprint density at radius 1 is 1.53 bits per heavy atom. The van der Waals surface area contributed by atoms with Crippen LogP contribution < -0.4 is 11.3 Å². The standard InChI is InChI=1S/C11H19N3S/c1-9(2)5-7-15-8-10-4-3-6-13-11(10)14-12/h3-4,6,9H,5,7-8,12H2,1-2H3,(H,13,14). The molecule has 0 aromatic carbocycles. The van der Waals surface area contributed by atoms with Crippen LogP contribution in [0.15, 0.2) is 18.3 Å². The molecule has 0 atom stereocenters. The molecule has 0 unspecified atom stereocenters. The highest BCUT2D eigenvalue weighted by Gasteiger charge is 2.01. The molecule has 0 fully saturated rings. The molecular weight excluding hydrogens is 206 g/mol. The molecule has 0 amide bonds. The highest BCUT2D eigenvalue weighted by Crippen LogP contribution is 2.19. The first-order chi connectivity index (χ1) is 7.24. The predicted molar refractivity (Wildman–Crippen MR) is 67.7 cm³/mol. The Bertz CT molecular complexity index is 289. The van der Waals surface area contributed by atoms with Gasteiger partial charge in [0.2, 0.25) is 0 Å². The topological polar surface area (TPSA) is 50.9 Å². The van der Waals surface area contributed by atoms with Crippen molar-refractivity contribution in [3.05, 3.63) is 23.9 Å². The smallest absolute Gasteiger partial charge is 0.143 e. The second kappa shape index (κ2) is 6.69.